The van der Waals surface area contributed by atoms with Crippen molar-refractivity contribution in [3.63, 3.8) is 0 Å². The second-order valence-electron chi connectivity index (χ2n) is 10.3. The van der Waals surface area contributed by atoms with E-state index in [1.54, 1.807) is 6.07 Å². The average molecular weight is 626 g/mol. The maximum atomic E-state index is 15.4. The molecule has 5 rings (SSSR count). The number of hydrogen-bond donors (Lipinski definition) is 2. The summed E-state index contributed by atoms with van der Waals surface area (Å²) in [6, 6.07) is 9.07. The summed E-state index contributed by atoms with van der Waals surface area (Å²) in [5.41, 5.74) is 0.435. The highest BCUT2D eigenvalue weighted by atomic mass is 32.2. The fourth-order valence-corrected chi connectivity index (χ4v) is 6.74. The largest absolute Gasteiger partial charge is 0.490 e. The number of benzene rings is 2. The molecule has 0 unspecified atom stereocenters. The summed E-state index contributed by atoms with van der Waals surface area (Å²) in [6.45, 7) is 0.478. The predicted molar refractivity (Wildman–Crippen MR) is 150 cm³/mol. The highest BCUT2D eigenvalue weighted by molar-refractivity contribution is 7.92. The molecule has 0 radical (unpaired) electrons. The first-order valence-corrected chi connectivity index (χ1v) is 14.8. The maximum absolute atomic E-state index is 15.4. The number of alkyl halides is 3. The van der Waals surface area contributed by atoms with Crippen molar-refractivity contribution >= 4 is 28.0 Å². The van der Waals surface area contributed by atoms with Gasteiger partial charge in [-0.05, 0) is 57.0 Å². The van der Waals surface area contributed by atoms with Crippen LogP contribution >= 0.6 is 0 Å². The van der Waals surface area contributed by atoms with Crippen molar-refractivity contribution < 1.29 is 40.6 Å². The van der Waals surface area contributed by atoms with Crippen LogP contribution in [0.2, 0.25) is 0 Å². The Morgan fingerprint density at radius 3 is 2.56 bits per heavy atom. The molecule has 0 amide bonds. The summed E-state index contributed by atoms with van der Waals surface area (Å²) in [5, 5.41) is 6.89. The highest BCUT2D eigenvalue weighted by Crippen LogP contribution is 2.43. The first-order valence-electron chi connectivity index (χ1n) is 13.3. The minimum Gasteiger partial charge on any atom is -0.490 e. The molecule has 10 nitrogen and oxygen atoms in total. The number of hydrogen-bond acceptors (Lipinski definition) is 8. The Kier molecular flexibility index (Phi) is 9.75. The second kappa shape index (κ2) is 13.1. The lowest BCUT2D eigenvalue weighted by molar-refractivity contribution is -0.137. The van der Waals surface area contributed by atoms with Crippen LogP contribution in [0, 0.1) is 5.82 Å². The van der Waals surface area contributed by atoms with Crippen LogP contribution in [0.25, 0.3) is 0 Å². The maximum Gasteiger partial charge on any atom is 0.416 e. The number of carboxylic acid groups (broad SMARTS) is 1. The third-order valence-corrected chi connectivity index (χ3v) is 8.92. The van der Waals surface area contributed by atoms with Crippen molar-refractivity contribution in [1.82, 2.24) is 14.9 Å². The van der Waals surface area contributed by atoms with Gasteiger partial charge in [0.15, 0.2) is 0 Å². The molecule has 2 heterocycles. The molecule has 43 heavy (non-hydrogen) atoms. The van der Waals surface area contributed by atoms with Gasteiger partial charge in [0.1, 0.15) is 35.2 Å². The quantitative estimate of drug-likeness (QED) is 0.299. The number of nitrogens with zero attached hydrogens (tertiary/aromatic N) is 4. The van der Waals surface area contributed by atoms with E-state index in [1.165, 1.54) is 42.9 Å². The predicted octanol–water partition coefficient (Wildman–Crippen LogP) is 4.60. The SMILES string of the molecule is CN(C)[C@H]1C[C@@H](c2cccc(C(F)(F)F)c2)CC[C@@H]1N1CCOc2cc(S(=O)(=O)Nc3ccncn3)c(F)cc21.O=CO. The van der Waals surface area contributed by atoms with Gasteiger partial charge in [0.05, 0.1) is 17.8 Å². The van der Waals surface area contributed by atoms with E-state index in [-0.39, 0.29) is 42.6 Å². The number of halogens is 4. The third kappa shape index (κ3) is 7.33. The molecule has 1 saturated carbocycles. The molecular weight excluding hydrogens is 594 g/mol. The van der Waals surface area contributed by atoms with Crippen molar-refractivity contribution in [3.05, 3.63) is 71.9 Å². The zero-order valence-corrected chi connectivity index (χ0v) is 24.1. The average Bonchev–Trinajstić information content (AvgIpc) is 2.96. The summed E-state index contributed by atoms with van der Waals surface area (Å²) >= 11 is 0. The van der Waals surface area contributed by atoms with Crippen LogP contribution in [0.5, 0.6) is 5.75 Å². The van der Waals surface area contributed by atoms with Gasteiger partial charge in [-0.15, -0.1) is 0 Å². The molecule has 3 aromatic rings. The van der Waals surface area contributed by atoms with Crippen molar-refractivity contribution in [1.29, 1.82) is 0 Å². The standard InChI is InChI=1S/C27H29F4N5O3S.CH2O2/c1-35(2)22-13-18(17-4-3-5-19(12-17)27(29,30)31)6-7-21(22)36-10-11-39-24-15-25(20(28)14-23(24)36)40(37,38)34-26-8-9-32-16-33-26;2-1-3/h3-5,8-9,12,14-16,18,21-22H,6-7,10-11,13H2,1-2H3,(H,32,33,34);1H,(H,2,3)/t18-,21-,22-;/m0./s1. The molecule has 0 bridgehead atoms. The van der Waals surface area contributed by atoms with Crippen LogP contribution in [-0.2, 0) is 21.0 Å². The van der Waals surface area contributed by atoms with Crippen LogP contribution in [-0.4, -0.2) is 74.2 Å². The van der Waals surface area contributed by atoms with E-state index in [2.05, 4.69) is 14.7 Å². The number of nitrogens with one attached hydrogen (secondary N) is 1. The Labute approximate surface area is 246 Å². The Balaban J connectivity index is 0.00000135. The van der Waals surface area contributed by atoms with Gasteiger partial charge in [0, 0.05) is 30.4 Å². The molecule has 2 N–H and O–H groups in total. The normalized spacial score (nSPS) is 20.3. The summed E-state index contributed by atoms with van der Waals surface area (Å²) in [5.74, 6) is -0.757. The van der Waals surface area contributed by atoms with Gasteiger partial charge in [-0.2, -0.15) is 13.2 Å². The number of likely N-dealkylation sites (N-methyl/N-ethyl adjacent to an activating group) is 1. The summed E-state index contributed by atoms with van der Waals surface area (Å²) < 4.78 is 89.2. The van der Waals surface area contributed by atoms with Gasteiger partial charge in [-0.25, -0.2) is 22.8 Å². The lowest BCUT2D eigenvalue weighted by atomic mass is 9.77. The van der Waals surface area contributed by atoms with E-state index in [1.807, 2.05) is 23.9 Å². The zero-order chi connectivity index (χ0) is 31.4. The van der Waals surface area contributed by atoms with Gasteiger partial charge in [0.25, 0.3) is 16.5 Å². The Morgan fingerprint density at radius 2 is 1.91 bits per heavy atom. The summed E-state index contributed by atoms with van der Waals surface area (Å²) in [4.78, 5) is 19.4. The molecule has 2 aliphatic rings. The number of sulfonamides is 1. The molecule has 1 aliphatic heterocycles. The summed E-state index contributed by atoms with van der Waals surface area (Å²) in [7, 11) is -0.460. The number of anilines is 2. The third-order valence-electron chi connectivity index (χ3n) is 7.55. The Bertz CT molecular complexity index is 1530. The van der Waals surface area contributed by atoms with E-state index in [9.17, 15) is 21.6 Å². The molecule has 2 aromatic carbocycles. The molecule has 232 valence electrons. The molecule has 15 heteroatoms. The molecule has 0 saturated heterocycles. The number of rotatable bonds is 6. The van der Waals surface area contributed by atoms with Crippen LogP contribution in [0.1, 0.15) is 36.3 Å². The van der Waals surface area contributed by atoms with E-state index in [0.717, 1.165) is 6.07 Å². The van der Waals surface area contributed by atoms with Gasteiger partial charge in [-0.3, -0.25) is 9.52 Å². The lowest BCUT2D eigenvalue weighted by Gasteiger charge is -2.47. The topological polar surface area (TPSA) is 125 Å². The molecule has 1 fully saturated rings. The van der Waals surface area contributed by atoms with Crippen molar-refractivity contribution in [2.45, 2.75) is 48.3 Å². The van der Waals surface area contributed by atoms with Crippen molar-refractivity contribution in [3.8, 4) is 5.75 Å². The Hall–Kier alpha value is -3.98. The fourth-order valence-electron chi connectivity index (χ4n) is 5.65. The van der Waals surface area contributed by atoms with Crippen LogP contribution < -0.4 is 14.4 Å². The minimum atomic E-state index is -4.41. The smallest absolute Gasteiger partial charge is 0.416 e. The molecule has 0 spiro atoms. The molecular formula is C28H31F4N5O5S. The Morgan fingerprint density at radius 1 is 1.16 bits per heavy atom. The van der Waals surface area contributed by atoms with Crippen LogP contribution in [0.4, 0.5) is 29.1 Å². The van der Waals surface area contributed by atoms with Crippen molar-refractivity contribution in [2.24, 2.45) is 0 Å². The molecule has 3 atom stereocenters. The van der Waals surface area contributed by atoms with E-state index in [0.29, 0.717) is 37.1 Å². The number of ether oxygens (including phenoxy) is 1. The van der Waals surface area contributed by atoms with E-state index in [4.69, 9.17) is 14.6 Å². The summed E-state index contributed by atoms with van der Waals surface area (Å²) in [6.07, 6.45) is 0.0415. The number of fused-ring (bicyclic) bond motifs is 1. The number of aromatic nitrogens is 2. The monoisotopic (exact) mass is 625 g/mol. The fraction of sp³-hybridized carbons (Fsp3) is 0.393. The highest BCUT2D eigenvalue weighted by Gasteiger charge is 2.39. The zero-order valence-electron chi connectivity index (χ0n) is 23.3. The molecule has 1 aromatic heterocycles. The number of carbonyl (C=O) groups is 1. The van der Waals surface area contributed by atoms with E-state index < -0.39 is 32.5 Å². The van der Waals surface area contributed by atoms with Crippen LogP contribution in [0.3, 0.4) is 0 Å². The van der Waals surface area contributed by atoms with Gasteiger partial charge >= 0.3 is 6.18 Å². The van der Waals surface area contributed by atoms with Crippen molar-refractivity contribution in [2.75, 3.05) is 36.9 Å². The minimum absolute atomic E-state index is 0.000945. The lowest BCUT2D eigenvalue weighted by Crippen LogP contribution is -2.54. The first-order chi connectivity index (χ1) is 20.4. The second-order valence-corrected chi connectivity index (χ2v) is 12.0. The van der Waals surface area contributed by atoms with Crippen LogP contribution in [0.15, 0.2) is 59.9 Å². The first kappa shape index (κ1) is 31.9. The van der Waals surface area contributed by atoms with Gasteiger partial charge in [-0.1, -0.05) is 18.2 Å². The van der Waals surface area contributed by atoms with Gasteiger partial charge < -0.3 is 19.6 Å². The molecule has 1 aliphatic carbocycles. The van der Waals surface area contributed by atoms with Gasteiger partial charge in [0.2, 0.25) is 0 Å². The van der Waals surface area contributed by atoms with E-state index >= 15 is 4.39 Å².